The Hall–Kier alpha value is -2.30. The predicted octanol–water partition coefficient (Wildman–Crippen LogP) is 6.75. The fraction of sp³-hybridized carbons (Fsp3) is 0.208. The van der Waals surface area contributed by atoms with Gasteiger partial charge in [-0.25, -0.2) is 0 Å². The van der Waals surface area contributed by atoms with Gasteiger partial charge in [0.1, 0.15) is 5.75 Å². The highest BCUT2D eigenvalue weighted by Gasteiger charge is 2.15. The Morgan fingerprint density at radius 3 is 2.55 bits per heavy atom. The molecule has 0 saturated carbocycles. The molecule has 0 aromatic heterocycles. The lowest BCUT2D eigenvalue weighted by molar-refractivity contribution is 0.471. The Morgan fingerprint density at radius 2 is 1.76 bits per heavy atom. The lowest BCUT2D eigenvalue weighted by Gasteiger charge is -2.19. The minimum Gasteiger partial charge on any atom is -0.506 e. The first-order chi connectivity index (χ1) is 14.1. The van der Waals surface area contributed by atoms with Crippen LogP contribution in [-0.4, -0.2) is 24.4 Å². The molecule has 3 aromatic carbocycles. The summed E-state index contributed by atoms with van der Waals surface area (Å²) in [5.74, 6) is 0.190. The van der Waals surface area contributed by atoms with Crippen LogP contribution >= 0.6 is 27.5 Å². The Bertz CT molecular complexity index is 1040. The van der Waals surface area contributed by atoms with Crippen molar-refractivity contribution in [3.05, 3.63) is 86.8 Å². The number of nitrogens with zero attached hydrogens (tertiary/aromatic N) is 2. The second-order valence-electron chi connectivity index (χ2n) is 7.22. The van der Waals surface area contributed by atoms with Gasteiger partial charge in [0.15, 0.2) is 0 Å². The molecule has 0 radical (unpaired) electrons. The zero-order chi connectivity index (χ0) is 20.2. The van der Waals surface area contributed by atoms with Gasteiger partial charge < -0.3 is 10.0 Å². The van der Waals surface area contributed by atoms with Gasteiger partial charge in [-0.3, -0.25) is 4.99 Å². The largest absolute Gasteiger partial charge is 0.506 e. The summed E-state index contributed by atoms with van der Waals surface area (Å²) in [5, 5.41) is 11.3. The average Bonchev–Trinajstić information content (AvgIpc) is 3.26. The minimum atomic E-state index is 0.190. The van der Waals surface area contributed by atoms with E-state index in [2.05, 4.69) is 26.9 Å². The summed E-state index contributed by atoms with van der Waals surface area (Å²) in [6.07, 6.45) is 4.86. The fourth-order valence-corrected chi connectivity index (χ4v) is 4.40. The van der Waals surface area contributed by atoms with E-state index in [1.807, 2.05) is 54.6 Å². The van der Waals surface area contributed by atoms with E-state index in [-0.39, 0.29) is 5.75 Å². The maximum absolute atomic E-state index is 10.5. The van der Waals surface area contributed by atoms with Crippen LogP contribution in [0.2, 0.25) is 5.02 Å². The molecule has 29 heavy (non-hydrogen) atoms. The van der Waals surface area contributed by atoms with Gasteiger partial charge in [-0.15, -0.1) is 0 Å². The van der Waals surface area contributed by atoms with Crippen molar-refractivity contribution in [1.82, 2.24) is 0 Å². The van der Waals surface area contributed by atoms with Crippen molar-refractivity contribution in [3.8, 4) is 5.75 Å². The fourth-order valence-electron chi connectivity index (χ4n) is 3.68. The third-order valence-corrected chi connectivity index (χ3v) is 6.15. The molecule has 1 aliphatic rings. The van der Waals surface area contributed by atoms with E-state index in [1.54, 1.807) is 6.21 Å². The minimum absolute atomic E-state index is 0.190. The number of phenolic OH excluding ortho intramolecular Hbond substituents is 1. The molecule has 0 amide bonds. The van der Waals surface area contributed by atoms with E-state index in [4.69, 9.17) is 16.6 Å². The number of anilines is 1. The monoisotopic (exact) mass is 468 g/mol. The number of aromatic hydroxyl groups is 1. The van der Waals surface area contributed by atoms with E-state index in [1.165, 1.54) is 12.8 Å². The number of hydrogen-bond donors (Lipinski definition) is 1. The second-order valence-corrected chi connectivity index (χ2v) is 8.49. The highest BCUT2D eigenvalue weighted by Crippen LogP contribution is 2.33. The van der Waals surface area contributed by atoms with Gasteiger partial charge in [-0.2, -0.15) is 0 Å². The van der Waals surface area contributed by atoms with Crippen LogP contribution in [0, 0.1) is 0 Å². The van der Waals surface area contributed by atoms with Crippen LogP contribution in [0.3, 0.4) is 0 Å². The summed E-state index contributed by atoms with van der Waals surface area (Å²) >= 11 is 9.78. The van der Waals surface area contributed by atoms with Gasteiger partial charge in [0.2, 0.25) is 0 Å². The number of rotatable bonds is 5. The van der Waals surface area contributed by atoms with Crippen molar-refractivity contribution in [2.45, 2.75) is 19.3 Å². The molecular weight excluding hydrogens is 448 g/mol. The number of halogens is 2. The molecule has 1 saturated heterocycles. The van der Waals surface area contributed by atoms with E-state index in [0.717, 1.165) is 40.6 Å². The SMILES string of the molecule is Oc1c(Br)cc(Cc2ccccc2Cl)cc1C=Nc1ccccc1N1CCCC1. The molecule has 148 valence electrons. The number of phenols is 1. The van der Waals surface area contributed by atoms with Gasteiger partial charge in [0.25, 0.3) is 0 Å². The van der Waals surface area contributed by atoms with Gasteiger partial charge in [-0.1, -0.05) is 41.9 Å². The number of hydrogen-bond acceptors (Lipinski definition) is 3. The van der Waals surface area contributed by atoms with Crippen molar-refractivity contribution in [2.75, 3.05) is 18.0 Å². The molecule has 0 atom stereocenters. The first-order valence-corrected chi connectivity index (χ1v) is 10.9. The molecule has 1 aliphatic heterocycles. The third kappa shape index (κ3) is 4.65. The average molecular weight is 470 g/mol. The predicted molar refractivity (Wildman–Crippen MR) is 125 cm³/mol. The molecular formula is C24H22BrClN2O. The normalized spacial score (nSPS) is 14.1. The summed E-state index contributed by atoms with van der Waals surface area (Å²) in [7, 11) is 0. The van der Waals surface area contributed by atoms with Crippen LogP contribution in [0.1, 0.15) is 29.5 Å². The Morgan fingerprint density at radius 1 is 1.03 bits per heavy atom. The smallest absolute Gasteiger partial charge is 0.138 e. The second kappa shape index (κ2) is 9.02. The molecule has 0 spiro atoms. The zero-order valence-corrected chi connectivity index (χ0v) is 18.3. The maximum Gasteiger partial charge on any atom is 0.138 e. The molecule has 3 aromatic rings. The third-order valence-electron chi connectivity index (χ3n) is 5.18. The lowest BCUT2D eigenvalue weighted by atomic mass is 10.0. The van der Waals surface area contributed by atoms with E-state index >= 15 is 0 Å². The molecule has 0 unspecified atom stereocenters. The molecule has 1 N–H and O–H groups in total. The zero-order valence-electron chi connectivity index (χ0n) is 16.0. The Kier molecular flexibility index (Phi) is 6.22. The molecule has 0 bridgehead atoms. The van der Waals surface area contributed by atoms with Gasteiger partial charge in [-0.05, 0) is 76.7 Å². The highest BCUT2D eigenvalue weighted by molar-refractivity contribution is 9.10. The van der Waals surface area contributed by atoms with Crippen LogP contribution in [0.25, 0.3) is 0 Å². The van der Waals surface area contributed by atoms with Gasteiger partial charge in [0, 0.05) is 29.9 Å². The van der Waals surface area contributed by atoms with Crippen molar-refractivity contribution >= 4 is 45.1 Å². The van der Waals surface area contributed by atoms with Crippen LogP contribution in [0.15, 0.2) is 70.1 Å². The van der Waals surface area contributed by atoms with E-state index in [9.17, 15) is 5.11 Å². The quantitative estimate of drug-likeness (QED) is 0.420. The van der Waals surface area contributed by atoms with E-state index < -0.39 is 0 Å². The summed E-state index contributed by atoms with van der Waals surface area (Å²) < 4.78 is 0.649. The van der Waals surface area contributed by atoms with Crippen molar-refractivity contribution in [2.24, 2.45) is 4.99 Å². The molecule has 4 rings (SSSR count). The summed E-state index contributed by atoms with van der Waals surface area (Å²) in [6.45, 7) is 2.13. The van der Waals surface area contributed by atoms with Crippen LogP contribution in [0.4, 0.5) is 11.4 Å². The maximum atomic E-state index is 10.5. The van der Waals surface area contributed by atoms with Gasteiger partial charge >= 0.3 is 0 Å². The summed E-state index contributed by atoms with van der Waals surface area (Å²) in [6, 6.07) is 19.9. The lowest BCUT2D eigenvalue weighted by Crippen LogP contribution is -2.17. The van der Waals surface area contributed by atoms with E-state index in [0.29, 0.717) is 16.5 Å². The number of para-hydroxylation sites is 2. The van der Waals surface area contributed by atoms with Crippen LogP contribution < -0.4 is 4.90 Å². The molecule has 0 aliphatic carbocycles. The highest BCUT2D eigenvalue weighted by atomic mass is 79.9. The van der Waals surface area contributed by atoms with Crippen molar-refractivity contribution in [1.29, 1.82) is 0 Å². The first-order valence-electron chi connectivity index (χ1n) is 9.74. The Labute approximate surface area is 184 Å². The standard InChI is InChI=1S/C24H22BrClN2O/c25-20-15-17(13-18-7-1-2-8-21(18)26)14-19(24(20)29)16-27-22-9-3-4-10-23(22)28-11-5-6-12-28/h1-4,7-10,14-16,29H,5-6,11-13H2. The Balaban J connectivity index is 1.64. The summed E-state index contributed by atoms with van der Waals surface area (Å²) in [4.78, 5) is 7.09. The van der Waals surface area contributed by atoms with Crippen molar-refractivity contribution in [3.63, 3.8) is 0 Å². The summed E-state index contributed by atoms with van der Waals surface area (Å²) in [5.41, 5.74) is 4.84. The topological polar surface area (TPSA) is 35.8 Å². The number of benzene rings is 3. The van der Waals surface area contributed by atoms with Crippen LogP contribution in [0.5, 0.6) is 5.75 Å². The molecule has 5 heteroatoms. The number of aliphatic imine (C=N–C) groups is 1. The van der Waals surface area contributed by atoms with Gasteiger partial charge in [0.05, 0.1) is 15.8 Å². The van der Waals surface area contributed by atoms with Crippen LogP contribution in [-0.2, 0) is 6.42 Å². The van der Waals surface area contributed by atoms with Crippen molar-refractivity contribution < 1.29 is 5.11 Å². The molecule has 1 heterocycles. The molecule has 3 nitrogen and oxygen atoms in total. The molecule has 1 fully saturated rings. The first kappa shape index (κ1) is 20.0.